The molecule has 1 saturated heterocycles. The van der Waals surface area contributed by atoms with Crippen LogP contribution in [-0.2, 0) is 9.59 Å². The van der Waals surface area contributed by atoms with Crippen molar-refractivity contribution in [1.82, 2.24) is 9.80 Å². The number of carboxylic acids is 1. The van der Waals surface area contributed by atoms with Crippen molar-refractivity contribution in [2.24, 2.45) is 5.73 Å². The van der Waals surface area contributed by atoms with Gasteiger partial charge in [0.15, 0.2) is 0 Å². The van der Waals surface area contributed by atoms with E-state index in [0.717, 1.165) is 25.9 Å². The lowest BCUT2D eigenvalue weighted by atomic mass is 10.2. The molecule has 1 heterocycles. The monoisotopic (exact) mass is 309 g/mol. The van der Waals surface area contributed by atoms with E-state index >= 15 is 0 Å². The first-order valence-electron chi connectivity index (χ1n) is 7.77. The van der Waals surface area contributed by atoms with Crippen LogP contribution < -0.4 is 5.73 Å². The fourth-order valence-electron chi connectivity index (χ4n) is 2.70. The number of aliphatic carboxylic acids is 1. The van der Waals surface area contributed by atoms with Gasteiger partial charge in [0.1, 0.15) is 0 Å². The lowest BCUT2D eigenvalue weighted by Crippen LogP contribution is -2.42. The van der Waals surface area contributed by atoms with Gasteiger partial charge in [-0.05, 0) is 19.9 Å². The average molecular weight is 309 g/mol. The van der Waals surface area contributed by atoms with E-state index in [1.54, 1.807) is 6.08 Å². The third kappa shape index (κ3) is 5.61. The minimum Gasteiger partial charge on any atom is -0.478 e. The Hall–Kier alpha value is -1.66. The third-order valence-corrected chi connectivity index (χ3v) is 3.82. The molecule has 1 unspecified atom stereocenters. The van der Waals surface area contributed by atoms with E-state index in [0.29, 0.717) is 13.0 Å². The maximum atomic E-state index is 11.9. The highest BCUT2D eigenvalue weighted by Gasteiger charge is 2.28. The first kappa shape index (κ1) is 18.4. The molecule has 0 saturated carbocycles. The number of carbonyl (C=O) groups is 2. The van der Waals surface area contributed by atoms with Crippen LogP contribution >= 0.6 is 0 Å². The van der Waals surface area contributed by atoms with Crippen molar-refractivity contribution in [3.8, 4) is 0 Å². The molecule has 3 N–H and O–H groups in total. The minimum absolute atomic E-state index is 0.206. The SMILES string of the molecule is CCC(=O)N1CCCC1CN(C)C/C=C\C(=C/CN)C(=O)O. The summed E-state index contributed by atoms with van der Waals surface area (Å²) in [4.78, 5) is 26.9. The number of nitrogens with two attached hydrogens (primary N) is 1. The summed E-state index contributed by atoms with van der Waals surface area (Å²) in [5, 5.41) is 8.99. The van der Waals surface area contributed by atoms with Crippen molar-refractivity contribution in [2.75, 3.05) is 33.2 Å². The lowest BCUT2D eigenvalue weighted by Gasteiger charge is -2.28. The lowest BCUT2D eigenvalue weighted by molar-refractivity contribution is -0.133. The van der Waals surface area contributed by atoms with E-state index in [9.17, 15) is 9.59 Å². The van der Waals surface area contributed by atoms with Gasteiger partial charge in [0.05, 0.1) is 5.57 Å². The normalized spacial score (nSPS) is 19.4. The van der Waals surface area contributed by atoms with Gasteiger partial charge >= 0.3 is 5.97 Å². The van der Waals surface area contributed by atoms with Crippen molar-refractivity contribution in [3.05, 3.63) is 23.8 Å². The van der Waals surface area contributed by atoms with Crippen molar-refractivity contribution in [1.29, 1.82) is 0 Å². The Labute approximate surface area is 132 Å². The number of rotatable bonds is 8. The molecular weight excluding hydrogens is 282 g/mol. The maximum Gasteiger partial charge on any atom is 0.335 e. The van der Waals surface area contributed by atoms with E-state index in [-0.39, 0.29) is 24.1 Å². The molecule has 1 atom stereocenters. The van der Waals surface area contributed by atoms with E-state index in [2.05, 4.69) is 4.90 Å². The van der Waals surface area contributed by atoms with Gasteiger partial charge in [-0.25, -0.2) is 4.79 Å². The van der Waals surface area contributed by atoms with Crippen molar-refractivity contribution in [2.45, 2.75) is 32.2 Å². The van der Waals surface area contributed by atoms with E-state index in [4.69, 9.17) is 10.8 Å². The smallest absolute Gasteiger partial charge is 0.335 e. The van der Waals surface area contributed by atoms with Crippen molar-refractivity contribution in [3.63, 3.8) is 0 Å². The Kier molecular flexibility index (Phi) is 7.84. The average Bonchev–Trinajstić information content (AvgIpc) is 2.93. The summed E-state index contributed by atoms with van der Waals surface area (Å²) in [7, 11) is 1.98. The van der Waals surface area contributed by atoms with Gasteiger partial charge in [-0.1, -0.05) is 25.2 Å². The summed E-state index contributed by atoms with van der Waals surface area (Å²) >= 11 is 0. The molecule has 0 radical (unpaired) electrons. The molecule has 0 spiro atoms. The second-order valence-corrected chi connectivity index (χ2v) is 5.56. The van der Waals surface area contributed by atoms with Crippen LogP contribution in [0.1, 0.15) is 26.2 Å². The van der Waals surface area contributed by atoms with Crippen LogP contribution in [-0.4, -0.2) is 66.1 Å². The van der Waals surface area contributed by atoms with Gasteiger partial charge in [0.25, 0.3) is 0 Å². The maximum absolute atomic E-state index is 11.9. The molecule has 1 amide bonds. The Balaban J connectivity index is 2.49. The van der Waals surface area contributed by atoms with Crippen LogP contribution in [0.25, 0.3) is 0 Å². The molecule has 1 rings (SSSR count). The van der Waals surface area contributed by atoms with Crippen LogP contribution in [0.4, 0.5) is 0 Å². The highest BCUT2D eigenvalue weighted by molar-refractivity contribution is 5.89. The summed E-state index contributed by atoms with van der Waals surface area (Å²) in [5.74, 6) is -0.759. The molecule has 0 aromatic heterocycles. The van der Waals surface area contributed by atoms with Crippen LogP contribution in [0, 0.1) is 0 Å². The van der Waals surface area contributed by atoms with Gasteiger partial charge in [-0.15, -0.1) is 0 Å². The first-order valence-corrected chi connectivity index (χ1v) is 7.77. The highest BCUT2D eigenvalue weighted by Crippen LogP contribution is 2.18. The first-order chi connectivity index (χ1) is 10.5. The molecule has 0 aromatic rings. The van der Waals surface area contributed by atoms with Gasteiger partial charge in [-0.2, -0.15) is 0 Å². The van der Waals surface area contributed by atoms with E-state index in [1.165, 1.54) is 6.08 Å². The number of carboxylic acid groups (broad SMARTS) is 1. The minimum atomic E-state index is -0.972. The number of likely N-dealkylation sites (tertiary alicyclic amines) is 1. The Morgan fingerprint density at radius 2 is 2.18 bits per heavy atom. The van der Waals surface area contributed by atoms with Crippen LogP contribution in [0.5, 0.6) is 0 Å². The van der Waals surface area contributed by atoms with Gasteiger partial charge < -0.3 is 20.6 Å². The Morgan fingerprint density at radius 3 is 2.77 bits per heavy atom. The van der Waals surface area contributed by atoms with E-state index in [1.807, 2.05) is 24.9 Å². The molecule has 124 valence electrons. The fraction of sp³-hybridized carbons (Fsp3) is 0.625. The molecule has 0 bridgehead atoms. The second-order valence-electron chi connectivity index (χ2n) is 5.56. The van der Waals surface area contributed by atoms with Gasteiger partial charge in [0, 0.05) is 38.6 Å². The van der Waals surface area contributed by atoms with Crippen molar-refractivity contribution >= 4 is 11.9 Å². The molecule has 1 fully saturated rings. The molecule has 0 aliphatic carbocycles. The number of likely N-dealkylation sites (N-methyl/N-ethyl adjacent to an activating group) is 1. The van der Waals surface area contributed by atoms with Crippen LogP contribution in [0.15, 0.2) is 23.8 Å². The molecular formula is C16H27N3O3. The molecule has 0 aromatic carbocycles. The van der Waals surface area contributed by atoms with E-state index < -0.39 is 5.97 Å². The Bertz CT molecular complexity index is 446. The summed E-state index contributed by atoms with van der Waals surface area (Å²) in [6.45, 7) is 4.39. The largest absolute Gasteiger partial charge is 0.478 e. The van der Waals surface area contributed by atoms with Crippen LogP contribution in [0.3, 0.4) is 0 Å². The predicted molar refractivity (Wildman–Crippen MR) is 86.4 cm³/mol. The summed E-state index contributed by atoms with van der Waals surface area (Å²) in [6.07, 6.45) is 7.52. The summed E-state index contributed by atoms with van der Waals surface area (Å²) in [6, 6.07) is 0.268. The molecule has 22 heavy (non-hydrogen) atoms. The molecule has 1 aliphatic heterocycles. The number of carbonyl (C=O) groups excluding carboxylic acids is 1. The standard InChI is InChI=1S/C16H27N3O3/c1-3-15(20)19-11-5-7-14(19)12-18(2)10-4-6-13(8-9-17)16(21)22/h4,6,8,14H,3,5,7,9-12,17H2,1-2H3,(H,21,22)/b6-4-,13-8+. The third-order valence-electron chi connectivity index (χ3n) is 3.82. The number of nitrogens with zero attached hydrogens (tertiary/aromatic N) is 2. The summed E-state index contributed by atoms with van der Waals surface area (Å²) < 4.78 is 0. The predicted octanol–water partition coefficient (Wildman–Crippen LogP) is 0.845. The number of hydrogen-bond donors (Lipinski definition) is 2. The zero-order chi connectivity index (χ0) is 16.5. The number of hydrogen-bond acceptors (Lipinski definition) is 4. The second kappa shape index (κ2) is 9.38. The fourth-order valence-corrected chi connectivity index (χ4v) is 2.70. The molecule has 6 nitrogen and oxygen atoms in total. The molecule has 6 heteroatoms. The van der Waals surface area contributed by atoms with Crippen molar-refractivity contribution < 1.29 is 14.7 Å². The zero-order valence-electron chi connectivity index (χ0n) is 13.5. The Morgan fingerprint density at radius 1 is 1.45 bits per heavy atom. The number of amides is 1. The van der Waals surface area contributed by atoms with Gasteiger partial charge in [-0.3, -0.25) is 4.79 Å². The summed E-state index contributed by atoms with van der Waals surface area (Å²) in [5.41, 5.74) is 5.55. The molecule has 1 aliphatic rings. The van der Waals surface area contributed by atoms with Gasteiger partial charge in [0.2, 0.25) is 5.91 Å². The van der Waals surface area contributed by atoms with Crippen LogP contribution in [0.2, 0.25) is 0 Å². The quantitative estimate of drug-likeness (QED) is 0.512. The zero-order valence-corrected chi connectivity index (χ0v) is 13.5. The highest BCUT2D eigenvalue weighted by atomic mass is 16.4. The topological polar surface area (TPSA) is 86.9 Å².